The molecule has 1 aromatic carbocycles. The molecule has 0 aromatic heterocycles. The number of hydrogen-bond donors (Lipinski definition) is 1. The van der Waals surface area contributed by atoms with Crippen molar-refractivity contribution in [2.45, 2.75) is 35.4 Å². The van der Waals surface area contributed by atoms with Crippen molar-refractivity contribution in [2.24, 2.45) is 5.92 Å². The summed E-state index contributed by atoms with van der Waals surface area (Å²) in [6.45, 7) is 0.338. The Labute approximate surface area is 132 Å². The molecule has 0 amide bonds. The zero-order chi connectivity index (χ0) is 14.8. The van der Waals surface area contributed by atoms with E-state index in [9.17, 15) is 12.8 Å². The largest absolute Gasteiger partial charge is 0.242 e. The molecule has 1 fully saturated rings. The Kier molecular flexibility index (Phi) is 5.45. The van der Waals surface area contributed by atoms with E-state index in [1.807, 2.05) is 0 Å². The minimum atomic E-state index is -3.78. The Bertz CT molecular complexity index is 582. The first kappa shape index (κ1) is 16.2. The average Bonchev–Trinajstić information content (AvgIpc) is 2.40. The van der Waals surface area contributed by atoms with Crippen LogP contribution in [0.5, 0.6) is 0 Å². The number of alkyl halides is 1. The molecule has 20 heavy (non-hydrogen) atoms. The van der Waals surface area contributed by atoms with Crippen molar-refractivity contribution in [2.75, 3.05) is 6.54 Å². The first-order valence-corrected chi connectivity index (χ1v) is 9.26. The molecule has 0 heterocycles. The molecule has 112 valence electrons. The molecule has 2 atom stereocenters. The van der Waals surface area contributed by atoms with Crippen LogP contribution in [0.2, 0.25) is 5.02 Å². The highest BCUT2D eigenvalue weighted by Gasteiger charge is 2.26. The van der Waals surface area contributed by atoms with Gasteiger partial charge in [0.2, 0.25) is 10.0 Å². The third-order valence-electron chi connectivity index (χ3n) is 3.53. The Balaban J connectivity index is 2.09. The van der Waals surface area contributed by atoms with E-state index in [0.717, 1.165) is 37.8 Å². The summed E-state index contributed by atoms with van der Waals surface area (Å²) >= 11 is 9.42. The van der Waals surface area contributed by atoms with Crippen molar-refractivity contribution in [3.63, 3.8) is 0 Å². The predicted molar refractivity (Wildman–Crippen MR) is 81.3 cm³/mol. The number of sulfonamides is 1. The molecule has 0 aliphatic heterocycles. The predicted octanol–water partition coefficient (Wildman–Crippen LogP) is 3.71. The highest BCUT2D eigenvalue weighted by Crippen LogP contribution is 2.30. The standard InChI is InChI=1S/C13H16BrClFNO2S/c14-11-4-2-1-3-9(11)8-17-20(18,19)13-7-10(16)5-6-12(13)15/h5-7,9,11,17H,1-4,8H2. The highest BCUT2D eigenvalue weighted by molar-refractivity contribution is 9.09. The van der Waals surface area contributed by atoms with Crippen LogP contribution >= 0.6 is 27.5 Å². The van der Waals surface area contributed by atoms with Crippen LogP contribution in [-0.4, -0.2) is 19.8 Å². The first-order chi connectivity index (χ1) is 9.40. The summed E-state index contributed by atoms with van der Waals surface area (Å²) in [6, 6.07) is 3.33. The number of halogens is 3. The second kappa shape index (κ2) is 6.73. The van der Waals surface area contributed by atoms with Gasteiger partial charge in [-0.25, -0.2) is 17.5 Å². The number of benzene rings is 1. The second-order valence-electron chi connectivity index (χ2n) is 4.99. The topological polar surface area (TPSA) is 46.2 Å². The van der Waals surface area contributed by atoms with Gasteiger partial charge < -0.3 is 0 Å². The lowest BCUT2D eigenvalue weighted by molar-refractivity contribution is 0.373. The van der Waals surface area contributed by atoms with Crippen molar-refractivity contribution in [1.29, 1.82) is 0 Å². The van der Waals surface area contributed by atoms with Gasteiger partial charge in [0.25, 0.3) is 0 Å². The van der Waals surface area contributed by atoms with Crippen LogP contribution < -0.4 is 4.72 Å². The quantitative estimate of drug-likeness (QED) is 0.804. The van der Waals surface area contributed by atoms with Crippen molar-refractivity contribution in [3.8, 4) is 0 Å². The van der Waals surface area contributed by atoms with Crippen LogP contribution in [0, 0.1) is 11.7 Å². The number of rotatable bonds is 4. The Morgan fingerprint density at radius 3 is 2.75 bits per heavy atom. The van der Waals surface area contributed by atoms with E-state index in [1.54, 1.807) is 0 Å². The monoisotopic (exact) mass is 383 g/mol. The molecule has 1 aliphatic rings. The lowest BCUT2D eigenvalue weighted by Crippen LogP contribution is -2.34. The molecule has 7 heteroatoms. The van der Waals surface area contributed by atoms with Crippen molar-refractivity contribution in [3.05, 3.63) is 29.0 Å². The molecule has 0 bridgehead atoms. The van der Waals surface area contributed by atoms with Crippen LogP contribution in [0.3, 0.4) is 0 Å². The van der Waals surface area contributed by atoms with E-state index >= 15 is 0 Å². The fourth-order valence-corrected chi connectivity index (χ4v) is 4.75. The Hall–Kier alpha value is -0.170. The van der Waals surface area contributed by atoms with E-state index in [0.29, 0.717) is 11.4 Å². The fraction of sp³-hybridized carbons (Fsp3) is 0.538. The van der Waals surface area contributed by atoms with Gasteiger partial charge in [-0.3, -0.25) is 0 Å². The third-order valence-corrected chi connectivity index (χ3v) is 6.65. The van der Waals surface area contributed by atoms with Crippen LogP contribution in [0.15, 0.2) is 23.1 Å². The minimum Gasteiger partial charge on any atom is -0.211 e. The lowest BCUT2D eigenvalue weighted by Gasteiger charge is -2.27. The summed E-state index contributed by atoms with van der Waals surface area (Å²) in [7, 11) is -3.78. The van der Waals surface area contributed by atoms with Gasteiger partial charge >= 0.3 is 0 Å². The Morgan fingerprint density at radius 1 is 1.35 bits per heavy atom. The maximum atomic E-state index is 13.2. The Morgan fingerprint density at radius 2 is 2.05 bits per heavy atom. The summed E-state index contributed by atoms with van der Waals surface area (Å²) in [5, 5.41) is 0.0259. The van der Waals surface area contributed by atoms with Gasteiger partial charge in [0.15, 0.2) is 0 Å². The number of hydrogen-bond acceptors (Lipinski definition) is 2. The molecule has 2 rings (SSSR count). The summed E-state index contributed by atoms with van der Waals surface area (Å²) in [6.07, 6.45) is 4.30. The molecule has 1 aliphatic carbocycles. The van der Waals surface area contributed by atoms with Gasteiger partial charge in [-0.15, -0.1) is 0 Å². The summed E-state index contributed by atoms with van der Waals surface area (Å²) in [5.74, 6) is -0.364. The zero-order valence-electron chi connectivity index (χ0n) is 10.8. The highest BCUT2D eigenvalue weighted by atomic mass is 79.9. The SMILES string of the molecule is O=S(=O)(NCC1CCCCC1Br)c1cc(F)ccc1Cl. The average molecular weight is 385 g/mol. The summed E-state index contributed by atoms with van der Waals surface area (Å²) in [4.78, 5) is 0.114. The van der Waals surface area contributed by atoms with Gasteiger partial charge in [0.05, 0.1) is 5.02 Å². The second-order valence-corrected chi connectivity index (χ2v) is 8.31. The van der Waals surface area contributed by atoms with E-state index in [2.05, 4.69) is 20.7 Å². The molecule has 3 nitrogen and oxygen atoms in total. The molecule has 1 aromatic rings. The normalized spacial score (nSPS) is 23.8. The molecule has 0 radical (unpaired) electrons. The molecule has 0 saturated heterocycles. The molecule has 1 saturated carbocycles. The van der Waals surface area contributed by atoms with Gasteiger partial charge in [-0.2, -0.15) is 0 Å². The van der Waals surface area contributed by atoms with E-state index in [-0.39, 0.29) is 15.8 Å². The van der Waals surface area contributed by atoms with Crippen molar-refractivity contribution < 1.29 is 12.8 Å². The fourth-order valence-electron chi connectivity index (χ4n) is 2.37. The van der Waals surface area contributed by atoms with E-state index in [4.69, 9.17) is 11.6 Å². The molecule has 1 N–H and O–H groups in total. The van der Waals surface area contributed by atoms with Gasteiger partial charge in [0.1, 0.15) is 10.7 Å². The van der Waals surface area contributed by atoms with Gasteiger partial charge in [-0.05, 0) is 37.0 Å². The molecular weight excluding hydrogens is 369 g/mol. The van der Waals surface area contributed by atoms with Crippen molar-refractivity contribution >= 4 is 37.6 Å². The maximum absolute atomic E-state index is 13.2. The van der Waals surface area contributed by atoms with Crippen LogP contribution in [0.1, 0.15) is 25.7 Å². The summed E-state index contributed by atoms with van der Waals surface area (Å²) in [5.41, 5.74) is 0. The molecule has 2 unspecified atom stereocenters. The zero-order valence-corrected chi connectivity index (χ0v) is 13.9. The lowest BCUT2D eigenvalue weighted by atomic mass is 9.89. The van der Waals surface area contributed by atoms with Crippen molar-refractivity contribution in [1.82, 2.24) is 4.72 Å². The van der Waals surface area contributed by atoms with Crippen LogP contribution in [-0.2, 0) is 10.0 Å². The van der Waals surface area contributed by atoms with Crippen LogP contribution in [0.25, 0.3) is 0 Å². The minimum absolute atomic E-state index is 0.0259. The summed E-state index contributed by atoms with van der Waals surface area (Å²) < 4.78 is 40.1. The molecular formula is C13H16BrClFNO2S. The van der Waals surface area contributed by atoms with E-state index in [1.165, 1.54) is 6.07 Å². The van der Waals surface area contributed by atoms with E-state index < -0.39 is 15.8 Å². The van der Waals surface area contributed by atoms with Crippen LogP contribution in [0.4, 0.5) is 4.39 Å². The third kappa shape index (κ3) is 3.93. The first-order valence-electron chi connectivity index (χ1n) is 6.49. The maximum Gasteiger partial charge on any atom is 0.242 e. The number of nitrogens with one attached hydrogen (secondary N) is 1. The van der Waals surface area contributed by atoms with Gasteiger partial charge in [-0.1, -0.05) is 40.4 Å². The van der Waals surface area contributed by atoms with Gasteiger partial charge in [0, 0.05) is 11.4 Å². The smallest absolute Gasteiger partial charge is 0.211 e. The molecule has 0 spiro atoms.